The first-order valence-electron chi connectivity index (χ1n) is 5.17. The number of carbonyl (C=O) groups excluding carboxylic acids is 2. The molecule has 0 aliphatic carbocycles. The molecule has 7 nitrogen and oxygen atoms in total. The number of carbonyl (C=O) groups is 4. The van der Waals surface area contributed by atoms with E-state index < -0.39 is 23.9 Å². The molecular weight excluding hydrogens is 256 g/mol. The summed E-state index contributed by atoms with van der Waals surface area (Å²) in [4.78, 5) is 44.2. The molecular formula is C12H14O7. The van der Waals surface area contributed by atoms with Gasteiger partial charge in [0, 0.05) is 22.3 Å². The minimum atomic E-state index is -1.31. The Bertz CT molecular complexity index is 462. The summed E-state index contributed by atoms with van der Waals surface area (Å²) in [6.07, 6.45) is 0. The summed E-state index contributed by atoms with van der Waals surface area (Å²) in [6.45, 7) is 4.77. The maximum Gasteiger partial charge on any atom is 0.342 e. The smallest absolute Gasteiger partial charge is 0.342 e. The van der Waals surface area contributed by atoms with Crippen LogP contribution in [0.25, 0.3) is 0 Å². The number of ether oxygens (including phenoxy) is 1. The number of carboxylic acids is 2. The molecule has 0 amide bonds. The van der Waals surface area contributed by atoms with Crippen molar-refractivity contribution in [1.29, 1.82) is 0 Å². The zero-order valence-corrected chi connectivity index (χ0v) is 10.9. The fraction of sp³-hybridized carbons (Fsp3) is 0.333. The van der Waals surface area contributed by atoms with Crippen LogP contribution >= 0.6 is 0 Å². The van der Waals surface area contributed by atoms with Gasteiger partial charge >= 0.3 is 23.9 Å². The predicted molar refractivity (Wildman–Crippen MR) is 63.1 cm³/mol. The Balaban J connectivity index is 5.11. The number of rotatable bonds is 4. The van der Waals surface area contributed by atoms with Crippen LogP contribution in [0.15, 0.2) is 22.3 Å². The lowest BCUT2D eigenvalue weighted by atomic mass is 10.1. The van der Waals surface area contributed by atoms with E-state index in [9.17, 15) is 19.2 Å². The summed E-state index contributed by atoms with van der Waals surface area (Å²) in [7, 11) is 0. The third-order valence-corrected chi connectivity index (χ3v) is 2.56. The van der Waals surface area contributed by atoms with Gasteiger partial charge in [0.25, 0.3) is 0 Å². The minimum Gasteiger partial charge on any atom is -0.478 e. The molecule has 0 aromatic heterocycles. The van der Waals surface area contributed by atoms with E-state index in [1.54, 1.807) is 0 Å². The molecule has 0 heterocycles. The van der Waals surface area contributed by atoms with Gasteiger partial charge in [0.1, 0.15) is 0 Å². The molecule has 0 bridgehead atoms. The summed E-state index contributed by atoms with van der Waals surface area (Å²) in [5.74, 6) is -4.86. The number of hydrogen-bond acceptors (Lipinski definition) is 5. The average Bonchev–Trinajstić information content (AvgIpc) is 2.34. The minimum absolute atomic E-state index is 0.235. The average molecular weight is 270 g/mol. The molecule has 0 unspecified atom stereocenters. The molecule has 0 saturated carbocycles. The summed E-state index contributed by atoms with van der Waals surface area (Å²) in [6, 6.07) is 0. The van der Waals surface area contributed by atoms with Gasteiger partial charge in [0.2, 0.25) is 0 Å². The Morgan fingerprint density at radius 1 is 0.632 bits per heavy atom. The topological polar surface area (TPSA) is 118 Å². The first kappa shape index (κ1) is 16.6. The lowest BCUT2D eigenvalue weighted by Gasteiger charge is -2.06. The highest BCUT2D eigenvalue weighted by Gasteiger charge is 2.20. The summed E-state index contributed by atoms with van der Waals surface area (Å²) in [5.41, 5.74) is -0.980. The van der Waals surface area contributed by atoms with Crippen LogP contribution in [0.4, 0.5) is 0 Å². The molecule has 0 aromatic carbocycles. The third-order valence-electron chi connectivity index (χ3n) is 2.56. The van der Waals surface area contributed by atoms with Gasteiger partial charge in [0.15, 0.2) is 0 Å². The molecule has 0 rings (SSSR count). The van der Waals surface area contributed by atoms with Crippen LogP contribution in [-0.4, -0.2) is 34.1 Å². The van der Waals surface area contributed by atoms with Crippen molar-refractivity contribution < 1.29 is 34.1 Å². The first-order valence-corrected chi connectivity index (χ1v) is 5.17. The largest absolute Gasteiger partial charge is 0.478 e. The van der Waals surface area contributed by atoms with Crippen molar-refractivity contribution in [2.45, 2.75) is 27.7 Å². The summed E-state index contributed by atoms with van der Waals surface area (Å²) in [5, 5.41) is 17.3. The number of carboxylic acid groups (broad SMARTS) is 2. The highest BCUT2D eigenvalue weighted by atomic mass is 16.6. The molecule has 0 spiro atoms. The van der Waals surface area contributed by atoms with Crippen LogP contribution in [0, 0.1) is 0 Å². The number of aliphatic carboxylic acids is 2. The van der Waals surface area contributed by atoms with Crippen molar-refractivity contribution >= 4 is 23.9 Å². The van der Waals surface area contributed by atoms with E-state index in [1.165, 1.54) is 27.7 Å². The molecule has 0 aliphatic heterocycles. The van der Waals surface area contributed by atoms with Crippen LogP contribution in [0.1, 0.15) is 27.7 Å². The van der Waals surface area contributed by atoms with Gasteiger partial charge in [0.05, 0.1) is 0 Å². The quantitative estimate of drug-likeness (QED) is 0.442. The molecule has 19 heavy (non-hydrogen) atoms. The fourth-order valence-electron chi connectivity index (χ4n) is 0.864. The molecule has 0 aromatic rings. The number of hydrogen-bond donors (Lipinski definition) is 2. The molecule has 2 N–H and O–H groups in total. The second-order valence-corrected chi connectivity index (χ2v) is 3.79. The van der Waals surface area contributed by atoms with E-state index in [4.69, 9.17) is 10.2 Å². The Hall–Kier alpha value is -2.44. The van der Waals surface area contributed by atoms with E-state index in [1.807, 2.05) is 0 Å². The van der Waals surface area contributed by atoms with Crippen LogP contribution in [0.5, 0.6) is 0 Å². The lowest BCUT2D eigenvalue weighted by molar-refractivity contribution is -0.154. The summed E-state index contributed by atoms with van der Waals surface area (Å²) >= 11 is 0. The fourth-order valence-corrected chi connectivity index (χ4v) is 0.864. The first-order chi connectivity index (χ1) is 8.59. The van der Waals surface area contributed by atoms with Gasteiger partial charge < -0.3 is 14.9 Å². The standard InChI is InChI=1S/C12H14O7/c1-5(9(13)14)7(3)11(17)19-12(18)8(4)6(2)10(15)16/h1-4H3,(H,13,14)(H,15,16)/b7-5-,8-6-. The van der Waals surface area contributed by atoms with Crippen LogP contribution < -0.4 is 0 Å². The predicted octanol–water partition coefficient (Wildman–Crippen LogP) is 0.898. The second-order valence-electron chi connectivity index (χ2n) is 3.79. The maximum atomic E-state index is 11.5. The Morgan fingerprint density at radius 3 is 1.11 bits per heavy atom. The monoisotopic (exact) mass is 270 g/mol. The van der Waals surface area contributed by atoms with Crippen molar-refractivity contribution in [3.63, 3.8) is 0 Å². The number of esters is 2. The SMILES string of the molecule is C/C(C(=O)O)=C(\C)C(=O)OC(=O)/C(C)=C(/C)C(=O)O. The Kier molecular flexibility index (Phi) is 5.65. The van der Waals surface area contributed by atoms with Crippen molar-refractivity contribution in [1.82, 2.24) is 0 Å². The maximum absolute atomic E-state index is 11.5. The van der Waals surface area contributed by atoms with Crippen molar-refractivity contribution in [2.24, 2.45) is 0 Å². The van der Waals surface area contributed by atoms with E-state index in [-0.39, 0.29) is 22.3 Å². The van der Waals surface area contributed by atoms with Gasteiger partial charge in [-0.1, -0.05) is 0 Å². The van der Waals surface area contributed by atoms with Crippen LogP contribution in [0.3, 0.4) is 0 Å². The van der Waals surface area contributed by atoms with Crippen molar-refractivity contribution in [3.8, 4) is 0 Å². The van der Waals surface area contributed by atoms with Crippen molar-refractivity contribution in [3.05, 3.63) is 22.3 Å². The van der Waals surface area contributed by atoms with Gasteiger partial charge in [-0.05, 0) is 27.7 Å². The molecule has 0 saturated heterocycles. The van der Waals surface area contributed by atoms with Crippen molar-refractivity contribution in [2.75, 3.05) is 0 Å². The third kappa shape index (κ3) is 4.38. The zero-order valence-electron chi connectivity index (χ0n) is 10.9. The Labute approximate surface area is 109 Å². The Morgan fingerprint density at radius 2 is 0.895 bits per heavy atom. The lowest BCUT2D eigenvalue weighted by Crippen LogP contribution is -2.18. The highest BCUT2D eigenvalue weighted by molar-refractivity contribution is 6.07. The van der Waals surface area contributed by atoms with Crippen LogP contribution in [-0.2, 0) is 23.9 Å². The van der Waals surface area contributed by atoms with E-state index in [0.29, 0.717) is 0 Å². The van der Waals surface area contributed by atoms with Gasteiger partial charge in [-0.15, -0.1) is 0 Å². The normalized spacial score (nSPS) is 13.1. The van der Waals surface area contributed by atoms with Gasteiger partial charge in [-0.3, -0.25) is 0 Å². The zero-order chi connectivity index (χ0) is 15.3. The van der Waals surface area contributed by atoms with E-state index in [2.05, 4.69) is 4.74 Å². The molecule has 104 valence electrons. The van der Waals surface area contributed by atoms with Gasteiger partial charge in [-0.25, -0.2) is 19.2 Å². The van der Waals surface area contributed by atoms with E-state index >= 15 is 0 Å². The highest BCUT2D eigenvalue weighted by Crippen LogP contribution is 2.10. The second kappa shape index (κ2) is 6.48. The molecule has 0 fully saturated rings. The van der Waals surface area contributed by atoms with Gasteiger partial charge in [-0.2, -0.15) is 0 Å². The molecule has 0 aliphatic rings. The molecule has 0 atom stereocenters. The molecule has 7 heteroatoms. The summed E-state index contributed by atoms with van der Waals surface area (Å²) < 4.78 is 4.40. The molecule has 0 radical (unpaired) electrons. The van der Waals surface area contributed by atoms with E-state index in [0.717, 1.165) is 0 Å². The van der Waals surface area contributed by atoms with Crippen LogP contribution in [0.2, 0.25) is 0 Å².